The summed E-state index contributed by atoms with van der Waals surface area (Å²) in [5.74, 6) is 0. The molecule has 0 fully saturated rings. The van der Waals surface area contributed by atoms with Crippen LogP contribution in [0.15, 0.2) is 25.3 Å². The molecule has 0 aromatic carbocycles. The predicted octanol–water partition coefficient (Wildman–Crippen LogP) is 0.985. The summed E-state index contributed by atoms with van der Waals surface area (Å²) in [4.78, 5) is 0. The zero-order valence-electron chi connectivity index (χ0n) is 8.36. The average molecular weight is 219 g/mol. The highest BCUT2D eigenvalue weighted by Gasteiger charge is 2.39. The molecule has 14 heavy (non-hydrogen) atoms. The van der Waals surface area contributed by atoms with Gasteiger partial charge < -0.3 is 5.32 Å². The highest BCUT2D eigenvalue weighted by Crippen LogP contribution is 2.25. The molecule has 0 amide bonds. The summed E-state index contributed by atoms with van der Waals surface area (Å²) in [6.07, 6.45) is 3.35. The molecule has 0 aliphatic rings. The Morgan fingerprint density at radius 2 is 1.79 bits per heavy atom. The van der Waals surface area contributed by atoms with E-state index in [9.17, 15) is 8.42 Å². The Labute approximate surface area is 85.5 Å². The lowest BCUT2D eigenvalue weighted by Gasteiger charge is -2.27. The van der Waals surface area contributed by atoms with E-state index in [2.05, 4.69) is 18.5 Å². The normalized spacial score (nSPS) is 12.4. The molecule has 0 aromatic heterocycles. The van der Waals surface area contributed by atoms with Gasteiger partial charge in [-0.25, -0.2) is 0 Å². The minimum Gasteiger partial charge on any atom is -0.318 e. The van der Waals surface area contributed by atoms with E-state index in [1.165, 1.54) is 12.2 Å². The number of hydrogen-bond acceptors (Lipinski definition) is 3. The first-order chi connectivity index (χ1) is 6.43. The van der Waals surface area contributed by atoms with Crippen LogP contribution in [0.5, 0.6) is 0 Å². The lowest BCUT2D eigenvalue weighted by molar-refractivity contribution is 0.412. The van der Waals surface area contributed by atoms with Crippen LogP contribution in [0, 0.1) is 0 Å². The van der Waals surface area contributed by atoms with Gasteiger partial charge in [0, 0.05) is 6.54 Å². The summed E-state index contributed by atoms with van der Waals surface area (Å²) in [5, 5.41) is 2.75. The Morgan fingerprint density at radius 3 is 2.00 bits per heavy atom. The van der Waals surface area contributed by atoms with Crippen molar-refractivity contribution < 1.29 is 13.0 Å². The molecule has 0 saturated heterocycles. The molecule has 0 bridgehead atoms. The summed E-state index contributed by atoms with van der Waals surface area (Å²) in [6, 6.07) is 0. The summed E-state index contributed by atoms with van der Waals surface area (Å²) in [5.41, 5.74) is 0. The molecule has 0 atom stereocenters. The van der Waals surface area contributed by atoms with E-state index in [1.807, 2.05) is 0 Å². The third-order valence-corrected chi connectivity index (χ3v) is 3.65. The summed E-state index contributed by atoms with van der Waals surface area (Å²) in [7, 11) is -2.49. The number of rotatable bonds is 7. The Balaban J connectivity index is 5.12. The minimum atomic E-state index is -4.12. The maximum Gasteiger partial charge on any atom is 0.272 e. The Morgan fingerprint density at radius 1 is 1.36 bits per heavy atom. The third-order valence-electron chi connectivity index (χ3n) is 2.08. The Bertz CT molecular complexity index is 285. The van der Waals surface area contributed by atoms with Crippen LogP contribution in [0.4, 0.5) is 0 Å². The second-order valence-electron chi connectivity index (χ2n) is 3.17. The maximum atomic E-state index is 11.2. The molecule has 0 heterocycles. The third kappa shape index (κ3) is 2.94. The monoisotopic (exact) mass is 219 g/mol. The van der Waals surface area contributed by atoms with Crippen LogP contribution < -0.4 is 5.32 Å². The van der Waals surface area contributed by atoms with Crippen LogP contribution in [0.1, 0.15) is 12.8 Å². The van der Waals surface area contributed by atoms with Crippen molar-refractivity contribution in [1.82, 2.24) is 5.32 Å². The number of hydrogen-bond donors (Lipinski definition) is 2. The quantitative estimate of drug-likeness (QED) is 0.495. The van der Waals surface area contributed by atoms with Gasteiger partial charge in [0.05, 0.1) is 0 Å². The topological polar surface area (TPSA) is 66.4 Å². The van der Waals surface area contributed by atoms with Crippen LogP contribution in [0.2, 0.25) is 0 Å². The largest absolute Gasteiger partial charge is 0.318 e. The standard InChI is InChI=1S/C9H17NO3S/c1-4-6-9(7-5-2,8-10-3)14(11,12)13/h4-5,10H,1-2,6-8H2,3H3,(H,11,12,13). The van der Waals surface area contributed by atoms with Crippen LogP contribution in [-0.2, 0) is 10.1 Å². The van der Waals surface area contributed by atoms with Gasteiger partial charge in [0.25, 0.3) is 10.1 Å². The van der Waals surface area contributed by atoms with Gasteiger partial charge in [-0.3, -0.25) is 4.55 Å². The molecular formula is C9H17NO3S. The van der Waals surface area contributed by atoms with Gasteiger partial charge in [-0.2, -0.15) is 8.42 Å². The molecule has 5 heteroatoms. The lowest BCUT2D eigenvalue weighted by atomic mass is 10.0. The molecule has 0 rings (SSSR count). The van der Waals surface area contributed by atoms with Crippen LogP contribution in [-0.4, -0.2) is 31.3 Å². The van der Waals surface area contributed by atoms with Crippen molar-refractivity contribution in [2.24, 2.45) is 0 Å². The van der Waals surface area contributed by atoms with E-state index >= 15 is 0 Å². The molecule has 0 radical (unpaired) electrons. The van der Waals surface area contributed by atoms with E-state index in [4.69, 9.17) is 4.55 Å². The van der Waals surface area contributed by atoms with Crippen molar-refractivity contribution in [3.8, 4) is 0 Å². The average Bonchev–Trinajstić information content (AvgIpc) is 2.03. The number of nitrogens with one attached hydrogen (secondary N) is 1. The van der Waals surface area contributed by atoms with E-state index in [0.717, 1.165) is 0 Å². The Hall–Kier alpha value is -0.650. The van der Waals surface area contributed by atoms with Gasteiger partial charge in [-0.05, 0) is 19.9 Å². The fourth-order valence-corrected chi connectivity index (χ4v) is 2.36. The molecule has 4 nitrogen and oxygen atoms in total. The van der Waals surface area contributed by atoms with E-state index in [1.54, 1.807) is 7.05 Å². The van der Waals surface area contributed by atoms with Gasteiger partial charge in [-0.15, -0.1) is 13.2 Å². The van der Waals surface area contributed by atoms with Gasteiger partial charge in [0.2, 0.25) is 0 Å². The van der Waals surface area contributed by atoms with Gasteiger partial charge in [0.15, 0.2) is 0 Å². The molecule has 0 saturated carbocycles. The first-order valence-corrected chi connectivity index (χ1v) is 5.71. The predicted molar refractivity (Wildman–Crippen MR) is 57.8 cm³/mol. The molecule has 0 aliphatic heterocycles. The smallest absolute Gasteiger partial charge is 0.272 e. The van der Waals surface area contributed by atoms with Gasteiger partial charge >= 0.3 is 0 Å². The summed E-state index contributed by atoms with van der Waals surface area (Å²) < 4.78 is 30.4. The van der Waals surface area contributed by atoms with Gasteiger partial charge in [0.1, 0.15) is 4.75 Å². The Kier molecular flexibility index (Phi) is 5.04. The first kappa shape index (κ1) is 13.4. The van der Waals surface area contributed by atoms with E-state index in [-0.39, 0.29) is 19.4 Å². The molecule has 0 spiro atoms. The molecule has 2 N–H and O–H groups in total. The summed E-state index contributed by atoms with van der Waals surface area (Å²) in [6.45, 7) is 7.14. The molecule has 0 aromatic rings. The van der Waals surface area contributed by atoms with Crippen LogP contribution >= 0.6 is 0 Å². The maximum absolute atomic E-state index is 11.2. The highest BCUT2D eigenvalue weighted by atomic mass is 32.2. The second-order valence-corrected chi connectivity index (χ2v) is 4.99. The van der Waals surface area contributed by atoms with Gasteiger partial charge in [-0.1, -0.05) is 12.2 Å². The SMILES string of the molecule is C=CCC(CC=C)(CNC)S(=O)(=O)O. The molecular weight excluding hydrogens is 202 g/mol. The fraction of sp³-hybridized carbons (Fsp3) is 0.556. The summed E-state index contributed by atoms with van der Waals surface area (Å²) >= 11 is 0. The molecule has 0 unspecified atom stereocenters. The van der Waals surface area contributed by atoms with Crippen LogP contribution in [0.25, 0.3) is 0 Å². The lowest BCUT2D eigenvalue weighted by Crippen LogP contribution is -2.45. The number of allylic oxidation sites excluding steroid dienone is 2. The molecule has 82 valence electrons. The second kappa shape index (κ2) is 5.29. The van der Waals surface area contributed by atoms with Crippen molar-refractivity contribution in [3.05, 3.63) is 25.3 Å². The van der Waals surface area contributed by atoms with Crippen molar-refractivity contribution in [1.29, 1.82) is 0 Å². The minimum absolute atomic E-state index is 0.171. The highest BCUT2D eigenvalue weighted by molar-refractivity contribution is 7.87. The zero-order valence-corrected chi connectivity index (χ0v) is 9.18. The zero-order chi connectivity index (χ0) is 11.2. The van der Waals surface area contributed by atoms with Crippen molar-refractivity contribution in [2.45, 2.75) is 17.6 Å². The molecule has 0 aliphatic carbocycles. The van der Waals surface area contributed by atoms with Crippen molar-refractivity contribution in [3.63, 3.8) is 0 Å². The fourth-order valence-electron chi connectivity index (χ4n) is 1.38. The van der Waals surface area contributed by atoms with Crippen molar-refractivity contribution >= 4 is 10.1 Å². The van der Waals surface area contributed by atoms with E-state index < -0.39 is 14.9 Å². The first-order valence-electron chi connectivity index (χ1n) is 4.27. The van der Waals surface area contributed by atoms with E-state index in [0.29, 0.717) is 0 Å². The van der Waals surface area contributed by atoms with Crippen molar-refractivity contribution in [2.75, 3.05) is 13.6 Å². The van der Waals surface area contributed by atoms with Crippen LogP contribution in [0.3, 0.4) is 0 Å².